The molecule has 5 aliphatic rings. The first kappa shape index (κ1) is 10.8. The molecule has 5 rings (SSSR count). The van der Waals surface area contributed by atoms with Crippen LogP contribution in [0.2, 0.25) is 0 Å². The van der Waals surface area contributed by atoms with Crippen LogP contribution in [0.3, 0.4) is 0 Å². The summed E-state index contributed by atoms with van der Waals surface area (Å²) in [6, 6.07) is 0.812. The van der Waals surface area contributed by atoms with E-state index in [1.165, 1.54) is 57.9 Å². The molecule has 2 aliphatic carbocycles. The SMILES string of the molecule is CC12CCC(CC1)C(CC13CCC(CN1)C3)N2. The summed E-state index contributed by atoms with van der Waals surface area (Å²) in [5.41, 5.74) is 1.02. The molecular weight excluding hydrogens is 208 g/mol. The molecule has 3 atom stereocenters. The van der Waals surface area contributed by atoms with Gasteiger partial charge in [-0.2, -0.15) is 0 Å². The van der Waals surface area contributed by atoms with Gasteiger partial charge in [0.1, 0.15) is 0 Å². The summed E-state index contributed by atoms with van der Waals surface area (Å²) >= 11 is 0. The lowest BCUT2D eigenvalue weighted by atomic mass is 9.67. The van der Waals surface area contributed by atoms with Crippen molar-refractivity contribution in [3.63, 3.8) is 0 Å². The number of rotatable bonds is 2. The van der Waals surface area contributed by atoms with Gasteiger partial charge in [0.2, 0.25) is 0 Å². The normalized spacial score (nSPS) is 56.6. The molecule has 0 aromatic carbocycles. The largest absolute Gasteiger partial charge is 0.311 e. The molecule has 0 aromatic rings. The van der Waals surface area contributed by atoms with Crippen LogP contribution in [0, 0.1) is 11.8 Å². The Morgan fingerprint density at radius 3 is 2.47 bits per heavy atom. The van der Waals surface area contributed by atoms with Gasteiger partial charge in [-0.1, -0.05) is 0 Å². The van der Waals surface area contributed by atoms with E-state index in [0.717, 1.165) is 17.9 Å². The maximum atomic E-state index is 3.99. The number of piperidine rings is 3. The van der Waals surface area contributed by atoms with Gasteiger partial charge in [0.15, 0.2) is 0 Å². The lowest BCUT2D eigenvalue weighted by Crippen LogP contribution is -2.62. The van der Waals surface area contributed by atoms with Gasteiger partial charge in [-0.3, -0.25) is 0 Å². The van der Waals surface area contributed by atoms with Crippen molar-refractivity contribution < 1.29 is 0 Å². The molecule has 3 heterocycles. The van der Waals surface area contributed by atoms with Crippen LogP contribution >= 0.6 is 0 Å². The Morgan fingerprint density at radius 1 is 1.12 bits per heavy atom. The fourth-order valence-corrected chi connectivity index (χ4v) is 5.22. The quantitative estimate of drug-likeness (QED) is 0.767. The van der Waals surface area contributed by atoms with Crippen LogP contribution in [0.25, 0.3) is 0 Å². The van der Waals surface area contributed by atoms with E-state index in [9.17, 15) is 0 Å². The van der Waals surface area contributed by atoms with Crippen molar-refractivity contribution in [3.05, 3.63) is 0 Å². The second kappa shape index (κ2) is 3.48. The zero-order valence-electron chi connectivity index (χ0n) is 11.1. The Morgan fingerprint density at radius 2 is 1.94 bits per heavy atom. The van der Waals surface area contributed by atoms with Gasteiger partial charge < -0.3 is 10.6 Å². The summed E-state index contributed by atoms with van der Waals surface area (Å²) in [4.78, 5) is 0. The average Bonchev–Trinajstić information content (AvgIpc) is 2.89. The van der Waals surface area contributed by atoms with E-state index in [-0.39, 0.29) is 0 Å². The molecule has 0 aromatic heterocycles. The van der Waals surface area contributed by atoms with Gasteiger partial charge in [0.25, 0.3) is 0 Å². The zero-order chi connectivity index (χ0) is 11.5. The third-order valence-electron chi connectivity index (χ3n) is 6.32. The zero-order valence-corrected chi connectivity index (χ0v) is 11.1. The van der Waals surface area contributed by atoms with E-state index < -0.39 is 0 Å². The lowest BCUT2D eigenvalue weighted by Gasteiger charge is -2.52. The van der Waals surface area contributed by atoms with Gasteiger partial charge in [-0.15, -0.1) is 0 Å². The monoisotopic (exact) mass is 234 g/mol. The first-order chi connectivity index (χ1) is 8.17. The minimum absolute atomic E-state index is 0.479. The number of fused-ring (bicyclic) bond motifs is 5. The molecule has 96 valence electrons. The summed E-state index contributed by atoms with van der Waals surface area (Å²) in [5, 5.41) is 7.84. The molecule has 0 amide bonds. The smallest absolute Gasteiger partial charge is 0.0199 e. The van der Waals surface area contributed by atoms with Crippen molar-refractivity contribution in [2.24, 2.45) is 11.8 Å². The fourth-order valence-electron chi connectivity index (χ4n) is 5.22. The highest BCUT2D eigenvalue weighted by molar-refractivity contribution is 5.09. The van der Waals surface area contributed by atoms with Crippen LogP contribution < -0.4 is 10.6 Å². The number of hydrogen-bond acceptors (Lipinski definition) is 2. The maximum Gasteiger partial charge on any atom is 0.0199 e. The Balaban J connectivity index is 1.49. The Bertz CT molecular complexity index is 309. The molecule has 4 bridgehead atoms. The highest BCUT2D eigenvalue weighted by Gasteiger charge is 2.49. The van der Waals surface area contributed by atoms with Crippen molar-refractivity contribution in [3.8, 4) is 0 Å². The van der Waals surface area contributed by atoms with Gasteiger partial charge in [0, 0.05) is 17.1 Å². The minimum atomic E-state index is 0.479. The van der Waals surface area contributed by atoms with E-state index in [4.69, 9.17) is 0 Å². The highest BCUT2D eigenvalue weighted by atomic mass is 15.1. The van der Waals surface area contributed by atoms with Crippen LogP contribution in [0.5, 0.6) is 0 Å². The molecule has 2 nitrogen and oxygen atoms in total. The molecule has 2 heteroatoms. The molecular formula is C15H26N2. The molecule has 0 radical (unpaired) electrons. The van der Waals surface area contributed by atoms with E-state index in [0.29, 0.717) is 11.1 Å². The first-order valence-electron chi connectivity index (χ1n) is 7.69. The third kappa shape index (κ3) is 1.67. The van der Waals surface area contributed by atoms with Gasteiger partial charge in [0.05, 0.1) is 0 Å². The van der Waals surface area contributed by atoms with Crippen molar-refractivity contribution in [1.29, 1.82) is 0 Å². The van der Waals surface area contributed by atoms with E-state index in [2.05, 4.69) is 17.6 Å². The fraction of sp³-hybridized carbons (Fsp3) is 1.00. The van der Waals surface area contributed by atoms with Gasteiger partial charge in [-0.25, -0.2) is 0 Å². The molecule has 2 saturated carbocycles. The average molecular weight is 234 g/mol. The van der Waals surface area contributed by atoms with E-state index in [1.807, 2.05) is 0 Å². The van der Waals surface area contributed by atoms with Crippen molar-refractivity contribution in [2.45, 2.75) is 75.4 Å². The third-order valence-corrected chi connectivity index (χ3v) is 6.32. The highest BCUT2D eigenvalue weighted by Crippen LogP contribution is 2.47. The predicted octanol–water partition coefficient (Wildman–Crippen LogP) is 2.44. The van der Waals surface area contributed by atoms with E-state index >= 15 is 0 Å². The van der Waals surface area contributed by atoms with Crippen molar-refractivity contribution in [2.75, 3.05) is 6.54 Å². The van der Waals surface area contributed by atoms with Crippen LogP contribution in [0.1, 0.15) is 58.3 Å². The Hall–Kier alpha value is -0.0800. The molecule has 17 heavy (non-hydrogen) atoms. The molecule has 3 saturated heterocycles. The van der Waals surface area contributed by atoms with Gasteiger partial charge >= 0.3 is 0 Å². The molecule has 3 aliphatic heterocycles. The Kier molecular flexibility index (Phi) is 2.21. The topological polar surface area (TPSA) is 24.1 Å². The predicted molar refractivity (Wildman–Crippen MR) is 70.0 cm³/mol. The second-order valence-electron chi connectivity index (χ2n) is 7.62. The lowest BCUT2D eigenvalue weighted by molar-refractivity contribution is 0.0629. The summed E-state index contributed by atoms with van der Waals surface area (Å²) in [7, 11) is 0. The van der Waals surface area contributed by atoms with Gasteiger partial charge in [-0.05, 0) is 76.7 Å². The number of nitrogens with one attached hydrogen (secondary N) is 2. The summed E-state index contributed by atoms with van der Waals surface area (Å²) < 4.78 is 0. The van der Waals surface area contributed by atoms with Crippen LogP contribution in [-0.4, -0.2) is 23.7 Å². The Labute approximate surface area is 105 Å². The van der Waals surface area contributed by atoms with Crippen LogP contribution in [0.4, 0.5) is 0 Å². The summed E-state index contributed by atoms with van der Waals surface area (Å²) in [6.45, 7) is 3.75. The second-order valence-corrected chi connectivity index (χ2v) is 7.62. The summed E-state index contributed by atoms with van der Waals surface area (Å²) in [6.07, 6.45) is 11.6. The van der Waals surface area contributed by atoms with E-state index in [1.54, 1.807) is 0 Å². The van der Waals surface area contributed by atoms with Crippen molar-refractivity contribution >= 4 is 0 Å². The minimum Gasteiger partial charge on any atom is -0.311 e. The molecule has 5 fully saturated rings. The standard InChI is InChI=1S/C15H26N2/c1-14-5-3-12(4-6-14)13(17-14)9-15-7-2-11(8-15)10-16-15/h11-13,16-17H,2-10H2,1H3. The van der Waals surface area contributed by atoms with Crippen LogP contribution in [0.15, 0.2) is 0 Å². The van der Waals surface area contributed by atoms with Crippen LogP contribution in [-0.2, 0) is 0 Å². The molecule has 2 N–H and O–H groups in total. The number of hydrogen-bond donors (Lipinski definition) is 2. The van der Waals surface area contributed by atoms with Crippen molar-refractivity contribution in [1.82, 2.24) is 10.6 Å². The first-order valence-corrected chi connectivity index (χ1v) is 7.69. The summed E-state index contributed by atoms with van der Waals surface area (Å²) in [5.74, 6) is 1.99. The maximum absolute atomic E-state index is 3.99. The molecule has 3 unspecified atom stereocenters. The molecule has 0 spiro atoms.